The predicted octanol–water partition coefficient (Wildman–Crippen LogP) is 5.59. The minimum absolute atomic E-state index is 0.0333. The van der Waals surface area contributed by atoms with E-state index >= 15 is 0 Å². The van der Waals surface area contributed by atoms with Crippen LogP contribution in [-0.4, -0.2) is 37.7 Å². The number of sulfone groups is 1. The third kappa shape index (κ3) is 6.94. The van der Waals surface area contributed by atoms with Crippen LogP contribution in [0.5, 0.6) is 0 Å². The van der Waals surface area contributed by atoms with Crippen molar-refractivity contribution in [1.82, 2.24) is 0 Å². The van der Waals surface area contributed by atoms with Crippen molar-refractivity contribution in [3.63, 3.8) is 0 Å². The number of Topliss-reactive ketones (excluding diaryl/α,β-unsaturated/α-hetero) is 1. The molecule has 39 heavy (non-hydrogen) atoms. The monoisotopic (exact) mass is 564 g/mol. The highest BCUT2D eigenvalue weighted by atomic mass is 32.2. The molecule has 0 aromatic heterocycles. The van der Waals surface area contributed by atoms with Gasteiger partial charge in [-0.2, -0.15) is 8.42 Å². The van der Waals surface area contributed by atoms with Crippen LogP contribution in [0.15, 0.2) is 119 Å². The lowest BCUT2D eigenvalue weighted by molar-refractivity contribution is 0.0953. The molecule has 0 bridgehead atoms. The summed E-state index contributed by atoms with van der Waals surface area (Å²) >= 11 is 0. The summed E-state index contributed by atoms with van der Waals surface area (Å²) in [6.07, 6.45) is 0. The first-order valence-electron chi connectivity index (χ1n) is 11.8. The second-order valence-electron chi connectivity index (χ2n) is 9.22. The molecular weight excluding hydrogens is 536 g/mol. The molecule has 0 radical (unpaired) electrons. The summed E-state index contributed by atoms with van der Waals surface area (Å²) in [5, 5.41) is 0. The molecule has 4 aromatic carbocycles. The highest BCUT2D eigenvalue weighted by Gasteiger charge is 2.43. The van der Waals surface area contributed by atoms with Crippen LogP contribution in [0, 0.1) is 6.92 Å². The van der Waals surface area contributed by atoms with Gasteiger partial charge in [0.15, 0.2) is 21.4 Å². The van der Waals surface area contributed by atoms with Gasteiger partial charge in [-0.25, -0.2) is 8.42 Å². The zero-order valence-electron chi connectivity index (χ0n) is 21.6. The van der Waals surface area contributed by atoms with Gasteiger partial charge in [0.05, 0.1) is 9.79 Å². The number of aryl methyl sites for hydroxylation is 1. The van der Waals surface area contributed by atoms with E-state index in [1.54, 1.807) is 12.1 Å². The third-order valence-corrected chi connectivity index (χ3v) is 9.33. The van der Waals surface area contributed by atoms with Crippen molar-refractivity contribution < 1.29 is 31.0 Å². The Labute approximate surface area is 228 Å². The number of hydrogen-bond donors (Lipinski definition) is 1. The van der Waals surface area contributed by atoms with Crippen molar-refractivity contribution in [2.45, 2.75) is 35.3 Å². The molecule has 4 aromatic rings. The first-order valence-corrected chi connectivity index (χ1v) is 14.8. The molecule has 0 fully saturated rings. The highest BCUT2D eigenvalue weighted by molar-refractivity contribution is 7.93. The molecule has 0 aliphatic rings. The molecule has 7 nitrogen and oxygen atoms in total. The van der Waals surface area contributed by atoms with Gasteiger partial charge in [-0.1, -0.05) is 78.4 Å². The number of benzene rings is 4. The molecule has 0 unspecified atom stereocenters. The van der Waals surface area contributed by atoms with Crippen LogP contribution in [0.2, 0.25) is 0 Å². The lowest BCUT2D eigenvalue weighted by Crippen LogP contribution is -2.40. The molecule has 0 spiro atoms. The average molecular weight is 565 g/mol. The van der Waals surface area contributed by atoms with Crippen molar-refractivity contribution in [2.75, 3.05) is 0 Å². The first kappa shape index (κ1) is 29.6. The second kappa shape index (κ2) is 11.9. The van der Waals surface area contributed by atoms with Crippen molar-refractivity contribution in [2.24, 2.45) is 0 Å². The van der Waals surface area contributed by atoms with Crippen LogP contribution < -0.4 is 0 Å². The van der Waals surface area contributed by atoms with E-state index in [0.717, 1.165) is 28.8 Å². The summed E-state index contributed by atoms with van der Waals surface area (Å²) in [5.74, 6) is -0.596. The van der Waals surface area contributed by atoms with Crippen molar-refractivity contribution in [3.05, 3.63) is 131 Å². The van der Waals surface area contributed by atoms with E-state index in [9.17, 15) is 26.4 Å². The molecule has 1 N–H and O–H groups in total. The van der Waals surface area contributed by atoms with Crippen LogP contribution in [0.1, 0.15) is 45.7 Å². The Kier molecular flexibility index (Phi) is 9.01. The minimum Gasteiger partial charge on any atom is -0.292 e. The topological polar surface area (TPSA) is 123 Å². The molecule has 0 amide bonds. The van der Waals surface area contributed by atoms with Gasteiger partial charge >= 0.3 is 0 Å². The van der Waals surface area contributed by atoms with Gasteiger partial charge in [0.1, 0.15) is 4.75 Å². The van der Waals surface area contributed by atoms with Gasteiger partial charge in [0, 0.05) is 16.7 Å². The lowest BCUT2D eigenvalue weighted by atomic mass is 10.0. The molecule has 0 saturated heterocycles. The van der Waals surface area contributed by atoms with E-state index in [0.29, 0.717) is 0 Å². The Balaban J connectivity index is 0.000000252. The van der Waals surface area contributed by atoms with Crippen molar-refractivity contribution >= 4 is 31.5 Å². The van der Waals surface area contributed by atoms with Crippen LogP contribution in [0.4, 0.5) is 0 Å². The fourth-order valence-corrected chi connectivity index (χ4v) is 5.53. The summed E-state index contributed by atoms with van der Waals surface area (Å²) in [6.45, 7) is 4.44. The maximum absolute atomic E-state index is 12.8. The Morgan fingerprint density at radius 1 is 0.590 bits per heavy atom. The molecule has 0 aliphatic heterocycles. The summed E-state index contributed by atoms with van der Waals surface area (Å²) < 4.78 is 55.0. The molecule has 0 atom stereocenters. The number of ketones is 2. The Morgan fingerprint density at radius 2 is 1.00 bits per heavy atom. The van der Waals surface area contributed by atoms with Crippen LogP contribution >= 0.6 is 0 Å². The molecular formula is C30H28O7S2. The average Bonchev–Trinajstić information content (AvgIpc) is 2.93. The number of carbonyl (C=O) groups excluding carboxylic acids is 2. The van der Waals surface area contributed by atoms with Crippen LogP contribution in [-0.2, 0) is 20.0 Å². The van der Waals surface area contributed by atoms with Crippen molar-refractivity contribution in [1.29, 1.82) is 0 Å². The quantitative estimate of drug-likeness (QED) is 0.229. The summed E-state index contributed by atoms with van der Waals surface area (Å²) in [6, 6.07) is 29.3. The first-order chi connectivity index (χ1) is 18.2. The van der Waals surface area contributed by atoms with Gasteiger partial charge in [-0.3, -0.25) is 14.1 Å². The van der Waals surface area contributed by atoms with E-state index in [-0.39, 0.29) is 21.1 Å². The smallest absolute Gasteiger partial charge is 0.292 e. The second-order valence-corrected chi connectivity index (χ2v) is 13.1. The normalized spacial score (nSPS) is 11.7. The number of carbonyl (C=O) groups is 2. The van der Waals surface area contributed by atoms with Crippen LogP contribution in [0.3, 0.4) is 0 Å². The predicted molar refractivity (Wildman–Crippen MR) is 149 cm³/mol. The highest BCUT2D eigenvalue weighted by Crippen LogP contribution is 2.29. The maximum Gasteiger partial charge on any atom is 0.294 e. The van der Waals surface area contributed by atoms with Gasteiger partial charge < -0.3 is 0 Å². The third-order valence-electron chi connectivity index (χ3n) is 6.04. The molecule has 202 valence electrons. The van der Waals surface area contributed by atoms with Gasteiger partial charge in [-0.05, 0) is 57.2 Å². The molecule has 4 rings (SSSR count). The number of rotatable bonds is 7. The Morgan fingerprint density at radius 3 is 1.41 bits per heavy atom. The number of hydrogen-bond acceptors (Lipinski definition) is 6. The standard InChI is InChI=1S/C17H18O6S2.C13H10O/c1-12-4-8-14(9-5-12)24(19,20)17(2,3)16(18)13-6-10-15(11-7-13)25(21,22)23;14-13(11-7-3-1-4-8-11)12-9-5-2-6-10-12/h4-11H,1-3H3,(H,21,22,23);1-10H. The van der Waals surface area contributed by atoms with E-state index in [2.05, 4.69) is 0 Å². The van der Waals surface area contributed by atoms with Gasteiger partial charge in [0.25, 0.3) is 10.1 Å². The minimum atomic E-state index is -4.39. The fourth-order valence-electron chi connectivity index (χ4n) is 3.61. The van der Waals surface area contributed by atoms with Crippen LogP contribution in [0.25, 0.3) is 0 Å². The van der Waals surface area contributed by atoms with E-state index < -0.39 is 30.5 Å². The molecule has 0 saturated carbocycles. The van der Waals surface area contributed by atoms with Gasteiger partial charge in [-0.15, -0.1) is 0 Å². The van der Waals surface area contributed by atoms with E-state index in [4.69, 9.17) is 4.55 Å². The molecule has 0 heterocycles. The maximum atomic E-state index is 12.8. The zero-order valence-corrected chi connectivity index (χ0v) is 23.2. The van der Waals surface area contributed by atoms with E-state index in [1.807, 2.05) is 67.6 Å². The summed E-state index contributed by atoms with van der Waals surface area (Å²) in [7, 11) is -8.34. The lowest BCUT2D eigenvalue weighted by Gasteiger charge is -2.23. The zero-order chi connectivity index (χ0) is 28.8. The fraction of sp³-hybridized carbons (Fsp3) is 0.133. The Bertz CT molecular complexity index is 1620. The van der Waals surface area contributed by atoms with Crippen molar-refractivity contribution in [3.8, 4) is 0 Å². The largest absolute Gasteiger partial charge is 0.294 e. The van der Waals surface area contributed by atoms with Gasteiger partial charge in [0.2, 0.25) is 0 Å². The molecule has 0 aliphatic carbocycles. The Hall–Kier alpha value is -3.92. The van der Waals surface area contributed by atoms with E-state index in [1.165, 1.54) is 38.1 Å². The SMILES string of the molecule is Cc1ccc(S(=O)(=O)C(C)(C)C(=O)c2ccc(S(=O)(=O)O)cc2)cc1.O=C(c1ccccc1)c1ccccc1. The summed E-state index contributed by atoms with van der Waals surface area (Å²) in [4.78, 5) is 24.2. The molecule has 9 heteroatoms. The summed E-state index contributed by atoms with van der Waals surface area (Å²) in [5.41, 5.74) is 2.40.